The highest BCUT2D eigenvalue weighted by molar-refractivity contribution is 5.54. The summed E-state index contributed by atoms with van der Waals surface area (Å²) in [7, 11) is 3.16. The zero-order valence-corrected chi connectivity index (χ0v) is 8.80. The molecule has 0 aliphatic carbocycles. The van der Waals surface area contributed by atoms with E-state index in [-0.39, 0.29) is 13.2 Å². The summed E-state index contributed by atoms with van der Waals surface area (Å²) in [5, 5.41) is 16.2. The second-order valence-corrected chi connectivity index (χ2v) is 2.71. The SMILES string of the molecule is CN=Nc1ccc(OC)cc1OCCO. The van der Waals surface area contributed by atoms with Crippen molar-refractivity contribution in [3.05, 3.63) is 18.2 Å². The molecule has 82 valence electrons. The fourth-order valence-corrected chi connectivity index (χ4v) is 1.08. The van der Waals surface area contributed by atoms with Crippen molar-refractivity contribution in [1.29, 1.82) is 0 Å². The number of aliphatic hydroxyl groups excluding tert-OH is 1. The van der Waals surface area contributed by atoms with E-state index in [1.807, 2.05) is 0 Å². The zero-order valence-electron chi connectivity index (χ0n) is 8.80. The van der Waals surface area contributed by atoms with E-state index in [0.29, 0.717) is 17.2 Å². The fraction of sp³-hybridized carbons (Fsp3) is 0.400. The quantitative estimate of drug-likeness (QED) is 0.753. The van der Waals surface area contributed by atoms with Crippen LogP contribution < -0.4 is 9.47 Å². The molecular formula is C10H14N2O3. The number of rotatable bonds is 5. The molecule has 0 heterocycles. The lowest BCUT2D eigenvalue weighted by Crippen LogP contribution is -2.01. The number of ether oxygens (including phenoxy) is 2. The van der Waals surface area contributed by atoms with Gasteiger partial charge in [0, 0.05) is 13.1 Å². The van der Waals surface area contributed by atoms with E-state index in [2.05, 4.69) is 10.2 Å². The smallest absolute Gasteiger partial charge is 0.150 e. The Morgan fingerprint density at radius 1 is 1.40 bits per heavy atom. The van der Waals surface area contributed by atoms with Crippen molar-refractivity contribution in [2.75, 3.05) is 27.4 Å². The number of methoxy groups -OCH3 is 1. The summed E-state index contributed by atoms with van der Waals surface area (Å²) in [6.45, 7) is 0.180. The normalized spacial score (nSPS) is 10.6. The molecule has 5 nitrogen and oxygen atoms in total. The van der Waals surface area contributed by atoms with Crippen LogP contribution in [0.3, 0.4) is 0 Å². The van der Waals surface area contributed by atoms with Crippen LogP contribution in [0, 0.1) is 0 Å². The molecule has 0 aliphatic heterocycles. The molecule has 1 aromatic carbocycles. The van der Waals surface area contributed by atoms with Crippen molar-refractivity contribution in [3.63, 3.8) is 0 Å². The predicted molar refractivity (Wildman–Crippen MR) is 56.0 cm³/mol. The molecule has 15 heavy (non-hydrogen) atoms. The lowest BCUT2D eigenvalue weighted by molar-refractivity contribution is 0.201. The first-order chi connectivity index (χ1) is 7.31. The molecule has 0 saturated carbocycles. The number of hydrogen-bond donors (Lipinski definition) is 1. The minimum atomic E-state index is -0.0417. The molecule has 1 rings (SSSR count). The molecule has 5 heteroatoms. The number of aliphatic hydroxyl groups is 1. The summed E-state index contributed by atoms with van der Waals surface area (Å²) in [5.41, 5.74) is 0.617. The van der Waals surface area contributed by atoms with Gasteiger partial charge in [-0.25, -0.2) is 0 Å². The Kier molecular flexibility index (Phi) is 4.56. The number of azo groups is 1. The van der Waals surface area contributed by atoms with E-state index in [1.54, 1.807) is 32.4 Å². The molecule has 0 saturated heterocycles. The van der Waals surface area contributed by atoms with E-state index < -0.39 is 0 Å². The van der Waals surface area contributed by atoms with Crippen LogP contribution in [-0.4, -0.2) is 32.5 Å². The van der Waals surface area contributed by atoms with Gasteiger partial charge in [0.05, 0.1) is 13.7 Å². The van der Waals surface area contributed by atoms with Gasteiger partial charge in [0.1, 0.15) is 18.0 Å². The lowest BCUT2D eigenvalue weighted by atomic mass is 10.3. The average molecular weight is 210 g/mol. The fourth-order valence-electron chi connectivity index (χ4n) is 1.08. The van der Waals surface area contributed by atoms with E-state index in [4.69, 9.17) is 14.6 Å². The molecule has 0 amide bonds. The third kappa shape index (κ3) is 3.21. The van der Waals surface area contributed by atoms with E-state index in [1.165, 1.54) is 0 Å². The standard InChI is InChI=1S/C10H14N2O3/c1-11-12-9-4-3-8(14-2)7-10(9)15-6-5-13/h3-4,7,13H,5-6H2,1-2H3. The summed E-state index contributed by atoms with van der Waals surface area (Å²) in [6.07, 6.45) is 0. The molecular weight excluding hydrogens is 196 g/mol. The summed E-state index contributed by atoms with van der Waals surface area (Å²) < 4.78 is 10.4. The van der Waals surface area contributed by atoms with Crippen LogP contribution >= 0.6 is 0 Å². The van der Waals surface area contributed by atoms with Crippen molar-refractivity contribution in [1.82, 2.24) is 0 Å². The van der Waals surface area contributed by atoms with E-state index >= 15 is 0 Å². The summed E-state index contributed by atoms with van der Waals surface area (Å²) in [5.74, 6) is 1.23. The predicted octanol–water partition coefficient (Wildman–Crippen LogP) is 1.78. The molecule has 0 aromatic heterocycles. The Bertz CT molecular complexity index is 339. The van der Waals surface area contributed by atoms with Crippen molar-refractivity contribution >= 4 is 5.69 Å². The summed E-state index contributed by atoms with van der Waals surface area (Å²) >= 11 is 0. The Balaban J connectivity index is 2.93. The first kappa shape index (κ1) is 11.5. The molecule has 1 aromatic rings. The second-order valence-electron chi connectivity index (χ2n) is 2.71. The monoisotopic (exact) mass is 210 g/mol. The zero-order chi connectivity index (χ0) is 11.1. The maximum Gasteiger partial charge on any atom is 0.150 e. The summed E-state index contributed by atoms with van der Waals surface area (Å²) in [6, 6.07) is 5.23. The van der Waals surface area contributed by atoms with Gasteiger partial charge in [-0.05, 0) is 12.1 Å². The maximum absolute atomic E-state index is 8.66. The second kappa shape index (κ2) is 5.98. The molecule has 1 N–H and O–H groups in total. The van der Waals surface area contributed by atoms with Crippen molar-refractivity contribution in [3.8, 4) is 11.5 Å². The van der Waals surface area contributed by atoms with Gasteiger partial charge < -0.3 is 14.6 Å². The van der Waals surface area contributed by atoms with Gasteiger partial charge in [-0.3, -0.25) is 0 Å². The lowest BCUT2D eigenvalue weighted by Gasteiger charge is -2.08. The Labute approximate surface area is 88.4 Å². The Morgan fingerprint density at radius 3 is 2.80 bits per heavy atom. The van der Waals surface area contributed by atoms with Gasteiger partial charge in [-0.15, -0.1) is 0 Å². The highest BCUT2D eigenvalue weighted by Crippen LogP contribution is 2.31. The molecule has 0 radical (unpaired) electrons. The van der Waals surface area contributed by atoms with E-state index in [0.717, 1.165) is 0 Å². The average Bonchev–Trinajstić information content (AvgIpc) is 2.28. The number of nitrogens with zero attached hydrogens (tertiary/aromatic N) is 2. The van der Waals surface area contributed by atoms with Gasteiger partial charge in [-0.1, -0.05) is 0 Å². The minimum Gasteiger partial charge on any atom is -0.497 e. The Morgan fingerprint density at radius 2 is 2.20 bits per heavy atom. The van der Waals surface area contributed by atoms with E-state index in [9.17, 15) is 0 Å². The summed E-state index contributed by atoms with van der Waals surface area (Å²) in [4.78, 5) is 0. The first-order valence-electron chi connectivity index (χ1n) is 4.53. The molecule has 0 fully saturated rings. The highest BCUT2D eigenvalue weighted by Gasteiger charge is 2.04. The van der Waals surface area contributed by atoms with Crippen LogP contribution in [0.2, 0.25) is 0 Å². The first-order valence-corrected chi connectivity index (χ1v) is 4.53. The molecule has 0 aliphatic rings. The van der Waals surface area contributed by atoms with Gasteiger partial charge in [0.2, 0.25) is 0 Å². The van der Waals surface area contributed by atoms with Crippen LogP contribution in [0.25, 0.3) is 0 Å². The van der Waals surface area contributed by atoms with Crippen molar-refractivity contribution in [2.45, 2.75) is 0 Å². The molecule has 0 unspecified atom stereocenters. The molecule has 0 spiro atoms. The van der Waals surface area contributed by atoms with Gasteiger partial charge in [0.15, 0.2) is 5.75 Å². The molecule has 0 bridgehead atoms. The molecule has 0 atom stereocenters. The maximum atomic E-state index is 8.66. The third-order valence-electron chi connectivity index (χ3n) is 1.72. The van der Waals surface area contributed by atoms with Gasteiger partial charge >= 0.3 is 0 Å². The van der Waals surface area contributed by atoms with Crippen LogP contribution in [0.5, 0.6) is 11.5 Å². The minimum absolute atomic E-state index is 0.0417. The van der Waals surface area contributed by atoms with Gasteiger partial charge in [-0.2, -0.15) is 10.2 Å². The van der Waals surface area contributed by atoms with Crippen molar-refractivity contribution < 1.29 is 14.6 Å². The van der Waals surface area contributed by atoms with Crippen LogP contribution in [0.4, 0.5) is 5.69 Å². The van der Waals surface area contributed by atoms with Crippen LogP contribution in [0.15, 0.2) is 28.4 Å². The van der Waals surface area contributed by atoms with Crippen LogP contribution in [-0.2, 0) is 0 Å². The van der Waals surface area contributed by atoms with Crippen LogP contribution in [0.1, 0.15) is 0 Å². The highest BCUT2D eigenvalue weighted by atomic mass is 16.5. The largest absolute Gasteiger partial charge is 0.497 e. The Hall–Kier alpha value is -1.62. The third-order valence-corrected chi connectivity index (χ3v) is 1.72. The number of hydrogen-bond acceptors (Lipinski definition) is 5. The van der Waals surface area contributed by atoms with Crippen molar-refractivity contribution in [2.24, 2.45) is 10.2 Å². The topological polar surface area (TPSA) is 63.4 Å². The number of benzene rings is 1. The van der Waals surface area contributed by atoms with Gasteiger partial charge in [0.25, 0.3) is 0 Å².